The number of hydrogen-bond acceptors (Lipinski definition) is 5. The standard InChI is InChI=1S/C17H22N2O4S/c1-22-16-5-3-4-14(17(16)23-2)12-19-11-10-13-6-8-15(9-7-13)24(18,20)21/h3-9,19H,10-12H2,1-2H3,(H2,18,20,21). The molecule has 0 radical (unpaired) electrons. The van der Waals surface area contributed by atoms with Crippen molar-refractivity contribution in [2.75, 3.05) is 20.8 Å². The van der Waals surface area contributed by atoms with Gasteiger partial charge in [-0.25, -0.2) is 13.6 Å². The van der Waals surface area contributed by atoms with E-state index >= 15 is 0 Å². The smallest absolute Gasteiger partial charge is 0.238 e. The number of methoxy groups -OCH3 is 2. The Labute approximate surface area is 142 Å². The highest BCUT2D eigenvalue weighted by Crippen LogP contribution is 2.30. The lowest BCUT2D eigenvalue weighted by Gasteiger charge is -2.13. The van der Waals surface area contributed by atoms with Crippen molar-refractivity contribution in [3.63, 3.8) is 0 Å². The zero-order chi connectivity index (χ0) is 17.6. The summed E-state index contributed by atoms with van der Waals surface area (Å²) in [5.74, 6) is 1.43. The Morgan fingerprint density at radius 3 is 2.33 bits per heavy atom. The minimum Gasteiger partial charge on any atom is -0.493 e. The SMILES string of the molecule is COc1cccc(CNCCc2ccc(S(N)(=O)=O)cc2)c1OC. The number of sulfonamides is 1. The molecule has 0 saturated heterocycles. The van der Waals surface area contributed by atoms with Gasteiger partial charge in [0.25, 0.3) is 0 Å². The fourth-order valence-corrected chi connectivity index (χ4v) is 2.91. The highest BCUT2D eigenvalue weighted by Gasteiger charge is 2.09. The molecule has 2 aromatic rings. The third kappa shape index (κ3) is 4.70. The summed E-state index contributed by atoms with van der Waals surface area (Å²) in [6, 6.07) is 12.3. The van der Waals surface area contributed by atoms with Gasteiger partial charge in [-0.1, -0.05) is 24.3 Å². The van der Waals surface area contributed by atoms with Crippen molar-refractivity contribution in [3.8, 4) is 11.5 Å². The van der Waals surface area contributed by atoms with Crippen LogP contribution in [0.4, 0.5) is 0 Å². The van der Waals surface area contributed by atoms with Crippen LogP contribution in [0.5, 0.6) is 11.5 Å². The Balaban J connectivity index is 1.89. The molecule has 0 fully saturated rings. The lowest BCUT2D eigenvalue weighted by molar-refractivity contribution is 0.350. The third-order valence-electron chi connectivity index (χ3n) is 3.64. The van der Waals surface area contributed by atoms with Crippen LogP contribution in [0, 0.1) is 0 Å². The maximum atomic E-state index is 11.2. The summed E-state index contributed by atoms with van der Waals surface area (Å²) in [7, 11) is -0.406. The molecule has 2 rings (SSSR count). The molecule has 0 saturated carbocycles. The van der Waals surface area contributed by atoms with E-state index < -0.39 is 10.0 Å². The highest BCUT2D eigenvalue weighted by molar-refractivity contribution is 7.89. The molecule has 3 N–H and O–H groups in total. The molecule has 0 heterocycles. The molecule has 0 aliphatic rings. The summed E-state index contributed by atoms with van der Waals surface area (Å²) in [6.07, 6.45) is 0.775. The molecule has 0 unspecified atom stereocenters. The summed E-state index contributed by atoms with van der Waals surface area (Å²) in [5, 5.41) is 8.42. The lowest BCUT2D eigenvalue weighted by atomic mass is 10.1. The van der Waals surface area contributed by atoms with Gasteiger partial charge in [-0.05, 0) is 36.7 Å². The molecule has 0 aromatic heterocycles. The number of ether oxygens (including phenoxy) is 2. The van der Waals surface area contributed by atoms with Gasteiger partial charge in [-0.15, -0.1) is 0 Å². The Kier molecular flexibility index (Phi) is 6.19. The summed E-state index contributed by atoms with van der Waals surface area (Å²) in [5.41, 5.74) is 2.05. The second-order valence-electron chi connectivity index (χ2n) is 5.27. The van der Waals surface area contributed by atoms with Gasteiger partial charge in [0.1, 0.15) is 0 Å². The van der Waals surface area contributed by atoms with Crippen molar-refractivity contribution in [1.29, 1.82) is 0 Å². The van der Waals surface area contributed by atoms with Gasteiger partial charge >= 0.3 is 0 Å². The van der Waals surface area contributed by atoms with E-state index in [1.165, 1.54) is 12.1 Å². The van der Waals surface area contributed by atoms with Crippen LogP contribution in [-0.4, -0.2) is 29.2 Å². The van der Waals surface area contributed by atoms with Crippen LogP contribution in [0.3, 0.4) is 0 Å². The van der Waals surface area contributed by atoms with Gasteiger partial charge in [0, 0.05) is 12.1 Å². The van der Waals surface area contributed by atoms with Gasteiger partial charge < -0.3 is 14.8 Å². The van der Waals surface area contributed by atoms with Crippen LogP contribution in [0.15, 0.2) is 47.4 Å². The number of nitrogens with two attached hydrogens (primary N) is 1. The number of rotatable bonds is 8. The van der Waals surface area contributed by atoms with Gasteiger partial charge in [-0.3, -0.25) is 0 Å². The fourth-order valence-electron chi connectivity index (χ4n) is 2.39. The first-order chi connectivity index (χ1) is 11.5. The molecule has 130 valence electrons. The second kappa shape index (κ2) is 8.14. The van der Waals surface area contributed by atoms with Crippen LogP contribution < -0.4 is 19.9 Å². The summed E-state index contributed by atoms with van der Waals surface area (Å²) in [4.78, 5) is 0.125. The molecule has 7 heteroatoms. The predicted molar refractivity (Wildman–Crippen MR) is 92.8 cm³/mol. The van der Waals surface area contributed by atoms with Gasteiger partial charge in [0.05, 0.1) is 19.1 Å². The zero-order valence-electron chi connectivity index (χ0n) is 13.8. The van der Waals surface area contributed by atoms with Crippen molar-refractivity contribution < 1.29 is 17.9 Å². The van der Waals surface area contributed by atoms with Gasteiger partial charge in [0.15, 0.2) is 11.5 Å². The quantitative estimate of drug-likeness (QED) is 0.707. The van der Waals surface area contributed by atoms with Gasteiger partial charge in [0.2, 0.25) is 10.0 Å². The van der Waals surface area contributed by atoms with E-state index in [-0.39, 0.29) is 4.90 Å². The molecule has 6 nitrogen and oxygen atoms in total. The first-order valence-corrected chi connectivity index (χ1v) is 9.02. The molecular weight excluding hydrogens is 328 g/mol. The van der Waals surface area contributed by atoms with E-state index in [1.54, 1.807) is 26.4 Å². The van der Waals surface area contributed by atoms with Gasteiger partial charge in [-0.2, -0.15) is 0 Å². The molecule has 24 heavy (non-hydrogen) atoms. The lowest BCUT2D eigenvalue weighted by Crippen LogP contribution is -2.17. The van der Waals surface area contributed by atoms with E-state index in [9.17, 15) is 8.42 Å². The first kappa shape index (κ1) is 18.3. The maximum absolute atomic E-state index is 11.2. The molecule has 0 amide bonds. The van der Waals surface area contributed by atoms with Crippen LogP contribution in [0.2, 0.25) is 0 Å². The number of para-hydroxylation sites is 1. The van der Waals surface area contributed by atoms with E-state index in [0.717, 1.165) is 29.8 Å². The van der Waals surface area contributed by atoms with E-state index in [0.29, 0.717) is 12.3 Å². The normalized spacial score (nSPS) is 11.3. The average Bonchev–Trinajstić information content (AvgIpc) is 2.58. The second-order valence-corrected chi connectivity index (χ2v) is 6.83. The van der Waals surface area contributed by atoms with Crippen LogP contribution >= 0.6 is 0 Å². The van der Waals surface area contributed by atoms with Crippen molar-refractivity contribution >= 4 is 10.0 Å². The molecule has 0 spiro atoms. The van der Waals surface area contributed by atoms with E-state index in [2.05, 4.69) is 5.32 Å². The Hall–Kier alpha value is -2.09. The third-order valence-corrected chi connectivity index (χ3v) is 4.57. The largest absolute Gasteiger partial charge is 0.493 e. The minimum atomic E-state index is -3.64. The topological polar surface area (TPSA) is 90.6 Å². The number of nitrogens with one attached hydrogen (secondary N) is 1. The van der Waals surface area contributed by atoms with Crippen molar-refractivity contribution in [2.24, 2.45) is 5.14 Å². The van der Waals surface area contributed by atoms with Crippen molar-refractivity contribution in [2.45, 2.75) is 17.9 Å². The number of hydrogen-bond donors (Lipinski definition) is 2. The van der Waals surface area contributed by atoms with Crippen molar-refractivity contribution in [3.05, 3.63) is 53.6 Å². The number of primary sulfonamides is 1. The Bertz CT molecular complexity index is 774. The first-order valence-electron chi connectivity index (χ1n) is 7.48. The summed E-state index contributed by atoms with van der Waals surface area (Å²) < 4.78 is 33.1. The molecular formula is C17H22N2O4S. The van der Waals surface area contributed by atoms with Crippen LogP contribution in [0.25, 0.3) is 0 Å². The number of benzene rings is 2. The maximum Gasteiger partial charge on any atom is 0.238 e. The highest BCUT2D eigenvalue weighted by atomic mass is 32.2. The minimum absolute atomic E-state index is 0.125. The molecule has 0 bridgehead atoms. The zero-order valence-corrected chi connectivity index (χ0v) is 14.6. The Morgan fingerprint density at radius 2 is 1.75 bits per heavy atom. The molecule has 0 atom stereocenters. The predicted octanol–water partition coefficient (Wildman–Crippen LogP) is 1.68. The van der Waals surface area contributed by atoms with E-state index in [1.807, 2.05) is 18.2 Å². The Morgan fingerprint density at radius 1 is 1.04 bits per heavy atom. The average molecular weight is 350 g/mol. The summed E-state index contributed by atoms with van der Waals surface area (Å²) >= 11 is 0. The monoisotopic (exact) mass is 350 g/mol. The van der Waals surface area contributed by atoms with E-state index in [4.69, 9.17) is 14.6 Å². The molecule has 0 aliphatic carbocycles. The molecule has 0 aliphatic heterocycles. The summed E-state index contributed by atoms with van der Waals surface area (Å²) in [6.45, 7) is 1.39. The molecule has 2 aromatic carbocycles. The van der Waals surface area contributed by atoms with Crippen molar-refractivity contribution in [1.82, 2.24) is 5.32 Å². The van der Waals surface area contributed by atoms with Crippen LogP contribution in [-0.2, 0) is 23.0 Å². The fraction of sp³-hybridized carbons (Fsp3) is 0.294. The van der Waals surface area contributed by atoms with Crippen LogP contribution in [0.1, 0.15) is 11.1 Å².